The summed E-state index contributed by atoms with van der Waals surface area (Å²) in [6.07, 6.45) is -4.09. The molecule has 1 aliphatic carbocycles. The van der Waals surface area contributed by atoms with Crippen LogP contribution in [0.2, 0.25) is 0 Å². The fraction of sp³-hybridized carbons (Fsp3) is 0.588. The van der Waals surface area contributed by atoms with Gasteiger partial charge in [0.15, 0.2) is 35.3 Å². The SMILES string of the molecule is CC(C)(C)C(=O)OCOP1(=O)/C=C2\CC23O[C@@H](n2cnc4c(N)ncnc42)C[C@@H]3OP(=O)(OCOC(=O)C(C)(C)C)OC[C@H]2O[C@@H](n3cnc4c(N)ncnc43)[C@H](F)[C@@H]2O1. The Morgan fingerprint density at radius 3 is 2.07 bits per heavy atom. The lowest BCUT2D eigenvalue weighted by Gasteiger charge is -2.28. The summed E-state index contributed by atoms with van der Waals surface area (Å²) in [7, 11) is -9.46. The number of hydrogen-bond acceptors (Lipinski definition) is 21. The van der Waals surface area contributed by atoms with Gasteiger partial charge in [-0.25, -0.2) is 43.4 Å². The van der Waals surface area contributed by atoms with Crippen molar-refractivity contribution in [3.8, 4) is 0 Å². The highest BCUT2D eigenvalue weighted by atomic mass is 31.2. The number of halogens is 1. The number of nitrogens with zero attached hydrogens (tertiary/aromatic N) is 8. The Bertz CT molecular complexity index is 2470. The van der Waals surface area contributed by atoms with Gasteiger partial charge in [-0.1, -0.05) is 0 Å². The molecule has 8 rings (SSSR count). The van der Waals surface area contributed by atoms with Crippen molar-refractivity contribution in [3.05, 3.63) is 36.7 Å². The second-order valence-corrected chi connectivity index (χ2v) is 19.9. The Morgan fingerprint density at radius 1 is 0.867 bits per heavy atom. The van der Waals surface area contributed by atoms with Gasteiger partial charge in [-0.15, -0.1) is 0 Å². The molecule has 7 heterocycles. The zero-order chi connectivity index (χ0) is 43.0. The van der Waals surface area contributed by atoms with Gasteiger partial charge in [-0.3, -0.25) is 41.4 Å². The fourth-order valence-electron chi connectivity index (χ4n) is 6.79. The number of nitrogens with two attached hydrogens (primary N) is 2. The number of alkyl halides is 1. The Morgan fingerprint density at radius 2 is 1.45 bits per heavy atom. The highest BCUT2D eigenvalue weighted by Gasteiger charge is 2.66. The molecule has 9 atom stereocenters. The van der Waals surface area contributed by atoms with E-state index in [-0.39, 0.29) is 46.7 Å². The molecular formula is C34H43FN10O13P2. The van der Waals surface area contributed by atoms with Crippen LogP contribution in [-0.2, 0) is 60.3 Å². The van der Waals surface area contributed by atoms with Crippen molar-refractivity contribution in [2.75, 3.05) is 31.7 Å². The Hall–Kier alpha value is -4.51. The highest BCUT2D eigenvalue weighted by Crippen LogP contribution is 2.67. The van der Waals surface area contributed by atoms with Crippen molar-refractivity contribution in [1.82, 2.24) is 39.0 Å². The number of aromatic nitrogens is 8. The molecule has 0 radical (unpaired) electrons. The molecule has 324 valence electrons. The first-order chi connectivity index (χ1) is 28.2. The summed E-state index contributed by atoms with van der Waals surface area (Å²) in [5.41, 5.74) is 9.74. The number of fused-ring (bicyclic) bond motifs is 3. The second-order valence-electron chi connectivity index (χ2n) is 16.5. The maximum Gasteiger partial charge on any atom is 0.478 e. The Balaban J connectivity index is 1.17. The number of hydrogen-bond donors (Lipinski definition) is 2. The van der Waals surface area contributed by atoms with Crippen molar-refractivity contribution in [2.24, 2.45) is 10.8 Å². The molecule has 0 aromatic carbocycles. The first-order valence-electron chi connectivity index (χ1n) is 18.6. The third kappa shape index (κ3) is 7.91. The number of ether oxygens (including phenoxy) is 4. The molecule has 4 aromatic rings. The summed E-state index contributed by atoms with van der Waals surface area (Å²) in [5.74, 6) is -0.103. The van der Waals surface area contributed by atoms with E-state index < -0.39 is 101 Å². The minimum absolute atomic E-state index is 0.00381. The lowest BCUT2D eigenvalue weighted by Crippen LogP contribution is -2.35. The number of phosphoric acid groups is 1. The molecule has 2 saturated heterocycles. The summed E-state index contributed by atoms with van der Waals surface area (Å²) < 4.78 is 102. The van der Waals surface area contributed by atoms with E-state index in [1.165, 1.54) is 23.5 Å². The van der Waals surface area contributed by atoms with E-state index in [1.807, 2.05) is 0 Å². The van der Waals surface area contributed by atoms with Gasteiger partial charge in [-0.2, -0.15) is 0 Å². The summed E-state index contributed by atoms with van der Waals surface area (Å²) in [6.45, 7) is 7.21. The lowest BCUT2D eigenvalue weighted by molar-refractivity contribution is -0.161. The van der Waals surface area contributed by atoms with Crippen LogP contribution in [0.5, 0.6) is 0 Å². The van der Waals surface area contributed by atoms with E-state index in [4.69, 9.17) is 53.0 Å². The van der Waals surface area contributed by atoms with E-state index in [0.717, 1.165) is 12.1 Å². The Labute approximate surface area is 340 Å². The number of carbonyl (C=O) groups excluding carboxylic acids is 2. The van der Waals surface area contributed by atoms with E-state index >= 15 is 4.39 Å². The summed E-state index contributed by atoms with van der Waals surface area (Å²) in [4.78, 5) is 50.2. The van der Waals surface area contributed by atoms with Gasteiger partial charge in [0.05, 0.1) is 30.1 Å². The first-order valence-corrected chi connectivity index (χ1v) is 21.7. The number of phosphoric ester groups is 1. The van der Waals surface area contributed by atoms with Crippen molar-refractivity contribution in [1.29, 1.82) is 0 Å². The summed E-state index contributed by atoms with van der Waals surface area (Å²) >= 11 is 0. The quantitative estimate of drug-likeness (QED) is 0.142. The molecule has 0 bridgehead atoms. The Kier molecular flexibility index (Phi) is 10.6. The molecule has 3 fully saturated rings. The average molecular weight is 881 g/mol. The molecule has 3 aliphatic heterocycles. The van der Waals surface area contributed by atoms with Gasteiger partial charge in [-0.05, 0) is 47.1 Å². The number of carbonyl (C=O) groups is 2. The largest absolute Gasteiger partial charge is 0.478 e. The molecule has 26 heteroatoms. The molecule has 4 N–H and O–H groups in total. The van der Waals surface area contributed by atoms with Gasteiger partial charge >= 0.3 is 27.4 Å². The van der Waals surface area contributed by atoms with Gasteiger partial charge in [0.2, 0.25) is 13.6 Å². The number of imidazole rings is 2. The molecule has 1 spiro atoms. The van der Waals surface area contributed by atoms with E-state index in [2.05, 4.69) is 29.9 Å². The van der Waals surface area contributed by atoms with Gasteiger partial charge in [0.1, 0.15) is 53.8 Å². The summed E-state index contributed by atoms with van der Waals surface area (Å²) in [5, 5.41) is 0. The third-order valence-electron chi connectivity index (χ3n) is 10.1. The smallest absolute Gasteiger partial charge is 0.438 e. The van der Waals surface area contributed by atoms with Crippen LogP contribution in [-0.4, -0.2) is 101 Å². The maximum absolute atomic E-state index is 16.9. The monoisotopic (exact) mass is 880 g/mol. The van der Waals surface area contributed by atoms with E-state index in [0.29, 0.717) is 5.65 Å². The van der Waals surface area contributed by atoms with Crippen molar-refractivity contribution in [3.63, 3.8) is 0 Å². The van der Waals surface area contributed by atoms with Crippen LogP contribution in [0, 0.1) is 10.8 Å². The minimum Gasteiger partial charge on any atom is -0.438 e. The van der Waals surface area contributed by atoms with Crippen LogP contribution in [0.15, 0.2) is 36.7 Å². The third-order valence-corrected chi connectivity index (χ3v) is 13.1. The van der Waals surface area contributed by atoms with Gasteiger partial charge in [0.25, 0.3) is 0 Å². The molecule has 4 aromatic heterocycles. The van der Waals surface area contributed by atoms with Gasteiger partial charge < -0.3 is 30.4 Å². The first kappa shape index (κ1) is 42.2. The van der Waals surface area contributed by atoms with Crippen molar-refractivity contribution < 1.29 is 64.7 Å². The zero-order valence-corrected chi connectivity index (χ0v) is 35.0. The van der Waals surface area contributed by atoms with Gasteiger partial charge in [0, 0.05) is 18.7 Å². The maximum atomic E-state index is 16.9. The van der Waals surface area contributed by atoms with Crippen LogP contribution in [0.1, 0.15) is 66.8 Å². The van der Waals surface area contributed by atoms with Crippen LogP contribution in [0.4, 0.5) is 16.0 Å². The van der Waals surface area contributed by atoms with Crippen LogP contribution >= 0.6 is 15.4 Å². The number of nitrogen functional groups attached to an aromatic ring is 2. The van der Waals surface area contributed by atoms with E-state index in [1.54, 1.807) is 46.1 Å². The van der Waals surface area contributed by atoms with Crippen molar-refractivity contribution in [2.45, 2.75) is 96.9 Å². The molecular weight excluding hydrogens is 837 g/mol. The zero-order valence-electron chi connectivity index (χ0n) is 33.2. The van der Waals surface area contributed by atoms with Crippen LogP contribution in [0.25, 0.3) is 22.3 Å². The predicted octanol–water partition coefficient (Wildman–Crippen LogP) is 4.24. The molecule has 0 amide bonds. The number of rotatable bonds is 8. The molecule has 1 saturated carbocycles. The normalized spacial score (nSPS) is 32.9. The number of esters is 2. The highest BCUT2D eigenvalue weighted by molar-refractivity contribution is 7.57. The predicted molar refractivity (Wildman–Crippen MR) is 202 cm³/mol. The molecule has 60 heavy (non-hydrogen) atoms. The minimum atomic E-state index is -4.82. The fourth-order valence-corrected chi connectivity index (χ4v) is 9.75. The molecule has 4 aliphatic rings. The molecule has 3 unspecified atom stereocenters. The topological polar surface area (TPSA) is 291 Å². The standard InChI is InChI=1S/C34H43FN10O13P2/c1-32(2,3)30(46)50-15-53-59(48)10-17-8-34(17)19(7-20(56-34)44-13-42-22-25(36)38-11-40-27(22)44)57-60(49,54-16-51-31(47)33(4,5)6)52-9-18-24(58-59)21(35)29(55-18)45-14-43-23-26(37)39-12-41-28(23)45/h10-14,18-21,24,29H,7-9,15-16H2,1-6H3,(H2,36,38,40)(H2,37,39,41)/b17-10+/t18-,19+,20-,21-,24-,29-,34?,59?,60?/m1/s1. The molecule has 23 nitrogen and oxygen atoms in total. The van der Waals surface area contributed by atoms with E-state index in [9.17, 15) is 18.7 Å². The van der Waals surface area contributed by atoms with Crippen LogP contribution in [0.3, 0.4) is 0 Å². The van der Waals surface area contributed by atoms with Crippen molar-refractivity contribution >= 4 is 61.3 Å². The van der Waals surface area contributed by atoms with Crippen LogP contribution < -0.4 is 11.5 Å². The number of anilines is 2. The lowest BCUT2D eigenvalue weighted by atomic mass is 9.98. The second kappa shape index (κ2) is 15.1. The summed E-state index contributed by atoms with van der Waals surface area (Å²) in [6, 6.07) is 0. The average Bonchev–Trinajstić information content (AvgIpc) is 3.59.